The largest absolute Gasteiger partial charge is 0.493 e. The minimum absolute atomic E-state index is 0.820. The van der Waals surface area contributed by atoms with E-state index in [9.17, 15) is 0 Å². The van der Waals surface area contributed by atoms with Crippen LogP contribution in [0.5, 0.6) is 11.5 Å². The highest BCUT2D eigenvalue weighted by atomic mass is 16.5. The van der Waals surface area contributed by atoms with Crippen LogP contribution in [0.4, 0.5) is 0 Å². The standard InChI is InChI=1S/C20H25NO2/c1-4-15-5-7-16(8-6-15)13-21-10-9-17-11-19(22-2)20(23-3)12-18(17)14-21/h5-8,11-12H,4,9-10,13-14H2,1-3H3. The highest BCUT2D eigenvalue weighted by Crippen LogP contribution is 2.33. The first-order valence-electron chi connectivity index (χ1n) is 8.27. The van der Waals surface area contributed by atoms with Crippen LogP contribution in [0.15, 0.2) is 36.4 Å². The molecule has 0 spiro atoms. The van der Waals surface area contributed by atoms with Crippen molar-refractivity contribution in [2.45, 2.75) is 32.9 Å². The molecule has 1 heterocycles. The van der Waals surface area contributed by atoms with Gasteiger partial charge in [0, 0.05) is 19.6 Å². The Morgan fingerprint density at radius 2 is 1.52 bits per heavy atom. The van der Waals surface area contributed by atoms with Crippen LogP contribution in [0.3, 0.4) is 0 Å². The molecule has 0 atom stereocenters. The molecule has 0 aromatic heterocycles. The van der Waals surface area contributed by atoms with Gasteiger partial charge in [0.05, 0.1) is 14.2 Å². The molecular weight excluding hydrogens is 286 g/mol. The van der Waals surface area contributed by atoms with Crippen LogP contribution in [-0.2, 0) is 25.9 Å². The Balaban J connectivity index is 1.74. The third-order valence-electron chi connectivity index (χ3n) is 4.63. The first-order chi connectivity index (χ1) is 11.2. The SMILES string of the molecule is CCc1ccc(CN2CCc3cc(OC)c(OC)cc3C2)cc1. The predicted octanol–water partition coefficient (Wildman–Crippen LogP) is 3.82. The van der Waals surface area contributed by atoms with Crippen LogP contribution in [0, 0.1) is 0 Å². The lowest BCUT2D eigenvalue weighted by atomic mass is 9.98. The van der Waals surface area contributed by atoms with Gasteiger partial charge in [-0.1, -0.05) is 31.2 Å². The number of rotatable bonds is 5. The van der Waals surface area contributed by atoms with Crippen molar-refractivity contribution in [3.63, 3.8) is 0 Å². The maximum absolute atomic E-state index is 5.44. The number of hydrogen-bond donors (Lipinski definition) is 0. The Kier molecular flexibility index (Phi) is 4.87. The van der Waals surface area contributed by atoms with Crippen LogP contribution in [-0.4, -0.2) is 25.7 Å². The second kappa shape index (κ2) is 7.05. The van der Waals surface area contributed by atoms with Crippen LogP contribution >= 0.6 is 0 Å². The van der Waals surface area contributed by atoms with Gasteiger partial charge in [0.25, 0.3) is 0 Å². The fourth-order valence-corrected chi connectivity index (χ4v) is 3.22. The Morgan fingerprint density at radius 1 is 0.913 bits per heavy atom. The molecule has 3 rings (SSSR count). The van der Waals surface area contributed by atoms with Crippen LogP contribution in [0.2, 0.25) is 0 Å². The molecule has 3 heteroatoms. The van der Waals surface area contributed by atoms with Crippen molar-refractivity contribution in [3.8, 4) is 11.5 Å². The first-order valence-corrected chi connectivity index (χ1v) is 8.27. The van der Waals surface area contributed by atoms with E-state index in [0.717, 1.165) is 44.0 Å². The summed E-state index contributed by atoms with van der Waals surface area (Å²) in [5, 5.41) is 0. The van der Waals surface area contributed by atoms with Crippen LogP contribution < -0.4 is 9.47 Å². The highest BCUT2D eigenvalue weighted by molar-refractivity contribution is 5.48. The van der Waals surface area contributed by atoms with Crippen molar-refractivity contribution in [3.05, 3.63) is 58.7 Å². The molecule has 0 fully saturated rings. The van der Waals surface area contributed by atoms with Crippen molar-refractivity contribution in [1.29, 1.82) is 0 Å². The third-order valence-corrected chi connectivity index (χ3v) is 4.63. The van der Waals surface area contributed by atoms with E-state index in [1.807, 2.05) is 0 Å². The molecule has 122 valence electrons. The second-order valence-electron chi connectivity index (χ2n) is 6.11. The molecule has 0 N–H and O–H groups in total. The summed E-state index contributed by atoms with van der Waals surface area (Å²) in [6.07, 6.45) is 2.15. The normalized spacial score (nSPS) is 14.4. The zero-order chi connectivity index (χ0) is 16.2. The van der Waals surface area contributed by atoms with Gasteiger partial charge >= 0.3 is 0 Å². The maximum atomic E-state index is 5.44. The van der Waals surface area contributed by atoms with Crippen molar-refractivity contribution >= 4 is 0 Å². The zero-order valence-electron chi connectivity index (χ0n) is 14.3. The average molecular weight is 311 g/mol. The Bertz CT molecular complexity index is 664. The average Bonchev–Trinajstić information content (AvgIpc) is 2.61. The molecule has 0 unspecified atom stereocenters. The molecule has 2 aromatic rings. The zero-order valence-corrected chi connectivity index (χ0v) is 14.3. The molecule has 0 saturated heterocycles. The lowest BCUT2D eigenvalue weighted by molar-refractivity contribution is 0.244. The number of methoxy groups -OCH3 is 2. The van der Waals surface area contributed by atoms with E-state index in [1.165, 1.54) is 22.3 Å². The Labute approximate surface area is 138 Å². The summed E-state index contributed by atoms with van der Waals surface area (Å²) in [7, 11) is 3.39. The summed E-state index contributed by atoms with van der Waals surface area (Å²) in [5.74, 6) is 1.65. The third kappa shape index (κ3) is 3.50. The number of ether oxygens (including phenoxy) is 2. The predicted molar refractivity (Wildman–Crippen MR) is 93.2 cm³/mol. The molecule has 1 aliphatic heterocycles. The van der Waals surface area contributed by atoms with Crippen molar-refractivity contribution in [2.24, 2.45) is 0 Å². The fourth-order valence-electron chi connectivity index (χ4n) is 3.22. The summed E-state index contributed by atoms with van der Waals surface area (Å²) >= 11 is 0. The van der Waals surface area contributed by atoms with E-state index >= 15 is 0 Å². The number of nitrogens with zero attached hydrogens (tertiary/aromatic N) is 1. The maximum Gasteiger partial charge on any atom is 0.161 e. The molecule has 3 nitrogen and oxygen atoms in total. The molecular formula is C20H25NO2. The quantitative estimate of drug-likeness (QED) is 0.838. The van der Waals surface area contributed by atoms with E-state index in [4.69, 9.17) is 9.47 Å². The molecule has 0 saturated carbocycles. The van der Waals surface area contributed by atoms with Crippen LogP contribution in [0.1, 0.15) is 29.2 Å². The van der Waals surface area contributed by atoms with E-state index in [1.54, 1.807) is 14.2 Å². The minimum Gasteiger partial charge on any atom is -0.493 e. The summed E-state index contributed by atoms with van der Waals surface area (Å²) in [4.78, 5) is 2.50. The minimum atomic E-state index is 0.820. The molecule has 1 aliphatic rings. The topological polar surface area (TPSA) is 21.7 Å². The highest BCUT2D eigenvalue weighted by Gasteiger charge is 2.19. The molecule has 0 bridgehead atoms. The Morgan fingerprint density at radius 3 is 2.13 bits per heavy atom. The second-order valence-corrected chi connectivity index (χ2v) is 6.11. The summed E-state index contributed by atoms with van der Waals surface area (Å²) in [6.45, 7) is 5.24. The molecule has 0 amide bonds. The molecule has 2 aromatic carbocycles. The summed E-state index contributed by atoms with van der Waals surface area (Å²) < 4.78 is 10.8. The molecule has 0 aliphatic carbocycles. The van der Waals surface area contributed by atoms with Gasteiger partial charge in [0.15, 0.2) is 11.5 Å². The number of aryl methyl sites for hydroxylation is 1. The van der Waals surface area contributed by atoms with Crippen LogP contribution in [0.25, 0.3) is 0 Å². The van der Waals surface area contributed by atoms with Gasteiger partial charge in [0.1, 0.15) is 0 Å². The van der Waals surface area contributed by atoms with Gasteiger partial charge in [-0.05, 0) is 47.2 Å². The lowest BCUT2D eigenvalue weighted by Crippen LogP contribution is -2.30. The lowest BCUT2D eigenvalue weighted by Gasteiger charge is -2.29. The van der Waals surface area contributed by atoms with E-state index in [-0.39, 0.29) is 0 Å². The molecule has 23 heavy (non-hydrogen) atoms. The smallest absolute Gasteiger partial charge is 0.161 e. The fraction of sp³-hybridized carbons (Fsp3) is 0.400. The van der Waals surface area contributed by atoms with E-state index in [2.05, 4.69) is 48.2 Å². The van der Waals surface area contributed by atoms with Crippen molar-refractivity contribution < 1.29 is 9.47 Å². The monoisotopic (exact) mass is 311 g/mol. The summed E-state index contributed by atoms with van der Waals surface area (Å²) in [5.41, 5.74) is 5.50. The first kappa shape index (κ1) is 15.9. The number of benzene rings is 2. The molecule has 0 radical (unpaired) electrons. The van der Waals surface area contributed by atoms with Gasteiger partial charge < -0.3 is 9.47 Å². The van der Waals surface area contributed by atoms with Gasteiger partial charge in [-0.15, -0.1) is 0 Å². The van der Waals surface area contributed by atoms with Crippen molar-refractivity contribution in [2.75, 3.05) is 20.8 Å². The van der Waals surface area contributed by atoms with Gasteiger partial charge in [-0.25, -0.2) is 0 Å². The van der Waals surface area contributed by atoms with Gasteiger partial charge in [-0.3, -0.25) is 4.90 Å². The number of hydrogen-bond acceptors (Lipinski definition) is 3. The summed E-state index contributed by atoms with van der Waals surface area (Å²) in [6, 6.07) is 13.2. The van der Waals surface area contributed by atoms with E-state index < -0.39 is 0 Å². The van der Waals surface area contributed by atoms with E-state index in [0.29, 0.717) is 0 Å². The van der Waals surface area contributed by atoms with Gasteiger partial charge in [-0.2, -0.15) is 0 Å². The Hall–Kier alpha value is -2.00. The van der Waals surface area contributed by atoms with Crippen molar-refractivity contribution in [1.82, 2.24) is 4.90 Å². The van der Waals surface area contributed by atoms with Gasteiger partial charge in [0.2, 0.25) is 0 Å². The number of fused-ring (bicyclic) bond motifs is 1.